The first-order chi connectivity index (χ1) is 9.25. The van der Waals surface area contributed by atoms with E-state index in [1.165, 1.54) is 0 Å². The van der Waals surface area contributed by atoms with Gasteiger partial charge in [-0.15, -0.1) is 0 Å². The Morgan fingerprint density at radius 3 is 2.21 bits per heavy atom. The fourth-order valence-electron chi connectivity index (χ4n) is 1.70. The summed E-state index contributed by atoms with van der Waals surface area (Å²) in [6.07, 6.45) is 1.83. The molecule has 0 bridgehead atoms. The molecule has 0 atom stereocenters. The summed E-state index contributed by atoms with van der Waals surface area (Å²) < 4.78 is 5.25. The van der Waals surface area contributed by atoms with E-state index in [2.05, 4.69) is 0 Å². The minimum absolute atomic E-state index is 0.285. The van der Waals surface area contributed by atoms with Crippen LogP contribution in [0, 0.1) is 0 Å². The zero-order chi connectivity index (χ0) is 13.5. The zero-order valence-corrected chi connectivity index (χ0v) is 10.9. The first-order valence-corrected chi connectivity index (χ1v) is 6.20. The molecule has 19 heavy (non-hydrogen) atoms. The van der Waals surface area contributed by atoms with Crippen molar-refractivity contribution in [3.63, 3.8) is 0 Å². The van der Waals surface area contributed by atoms with Crippen LogP contribution in [0.4, 0.5) is 0 Å². The van der Waals surface area contributed by atoms with E-state index in [4.69, 9.17) is 4.74 Å². The van der Waals surface area contributed by atoms with E-state index in [0.29, 0.717) is 12.2 Å². The van der Waals surface area contributed by atoms with E-state index in [0.717, 1.165) is 11.1 Å². The van der Waals surface area contributed by atoms with Crippen molar-refractivity contribution in [1.82, 2.24) is 0 Å². The van der Waals surface area contributed by atoms with E-state index in [-0.39, 0.29) is 5.97 Å². The van der Waals surface area contributed by atoms with Gasteiger partial charge >= 0.3 is 5.97 Å². The van der Waals surface area contributed by atoms with Crippen LogP contribution in [0.15, 0.2) is 66.2 Å². The maximum Gasteiger partial charge on any atom is 0.334 e. The third-order valence-corrected chi connectivity index (χ3v) is 2.72. The first kappa shape index (κ1) is 13.1. The number of hydrogen-bond donors (Lipinski definition) is 0. The molecule has 0 fully saturated rings. The van der Waals surface area contributed by atoms with Crippen LogP contribution >= 0.6 is 0 Å². The molecule has 0 saturated heterocycles. The topological polar surface area (TPSA) is 26.3 Å². The van der Waals surface area contributed by atoms with Crippen molar-refractivity contribution in [2.24, 2.45) is 0 Å². The normalized spacial score (nSPS) is 11.1. The fraction of sp³-hybridized carbons (Fsp3) is 0.118. The highest BCUT2D eigenvalue weighted by Gasteiger charge is 2.05. The number of carbonyl (C=O) groups is 1. The lowest BCUT2D eigenvalue weighted by molar-refractivity contribution is -0.140. The lowest BCUT2D eigenvalue weighted by Crippen LogP contribution is -2.05. The quantitative estimate of drug-likeness (QED) is 0.610. The molecular formula is C17H16O2. The second-order valence-electron chi connectivity index (χ2n) is 4.30. The number of rotatable bonds is 4. The van der Waals surface area contributed by atoms with Crippen molar-refractivity contribution in [1.29, 1.82) is 0 Å². The van der Waals surface area contributed by atoms with Crippen LogP contribution in [-0.4, -0.2) is 5.97 Å². The molecule has 0 aliphatic carbocycles. The Labute approximate surface area is 113 Å². The molecule has 2 rings (SSSR count). The minimum Gasteiger partial charge on any atom is -0.457 e. The van der Waals surface area contributed by atoms with Gasteiger partial charge in [0.2, 0.25) is 0 Å². The zero-order valence-electron chi connectivity index (χ0n) is 10.9. The largest absolute Gasteiger partial charge is 0.457 e. The summed E-state index contributed by atoms with van der Waals surface area (Å²) in [6, 6.07) is 19.4. The highest BCUT2D eigenvalue weighted by molar-refractivity contribution is 5.92. The molecular weight excluding hydrogens is 236 g/mol. The van der Waals surface area contributed by atoms with Crippen LogP contribution in [0.1, 0.15) is 18.1 Å². The Hall–Kier alpha value is -2.35. The molecule has 2 aromatic rings. The van der Waals surface area contributed by atoms with Crippen LogP contribution in [0.25, 0.3) is 6.08 Å². The van der Waals surface area contributed by atoms with Crippen LogP contribution in [0.3, 0.4) is 0 Å². The van der Waals surface area contributed by atoms with Gasteiger partial charge in [-0.3, -0.25) is 0 Å². The van der Waals surface area contributed by atoms with Crippen molar-refractivity contribution in [2.75, 3.05) is 0 Å². The number of ether oxygens (including phenoxy) is 1. The maximum atomic E-state index is 11.8. The molecule has 0 saturated carbocycles. The van der Waals surface area contributed by atoms with E-state index >= 15 is 0 Å². The van der Waals surface area contributed by atoms with Crippen molar-refractivity contribution >= 4 is 12.0 Å². The van der Waals surface area contributed by atoms with Crippen molar-refractivity contribution in [3.8, 4) is 0 Å². The molecule has 0 N–H and O–H groups in total. The van der Waals surface area contributed by atoms with Gasteiger partial charge in [0.1, 0.15) is 6.61 Å². The van der Waals surface area contributed by atoms with Gasteiger partial charge in [-0.25, -0.2) is 4.79 Å². The molecule has 0 heterocycles. The van der Waals surface area contributed by atoms with Crippen molar-refractivity contribution in [3.05, 3.63) is 77.4 Å². The number of benzene rings is 2. The average Bonchev–Trinajstić information content (AvgIpc) is 2.47. The molecule has 0 radical (unpaired) electrons. The van der Waals surface area contributed by atoms with Gasteiger partial charge < -0.3 is 4.74 Å². The summed E-state index contributed by atoms with van der Waals surface area (Å²) in [4.78, 5) is 11.8. The SMILES string of the molecule is CC(=Cc1ccccc1)C(=O)OCc1ccccc1. The van der Waals surface area contributed by atoms with Crippen LogP contribution in [0.5, 0.6) is 0 Å². The fourth-order valence-corrected chi connectivity index (χ4v) is 1.70. The van der Waals surface area contributed by atoms with Crippen molar-refractivity contribution < 1.29 is 9.53 Å². The predicted molar refractivity (Wildman–Crippen MR) is 76.3 cm³/mol. The van der Waals surface area contributed by atoms with E-state index in [1.54, 1.807) is 6.92 Å². The van der Waals surface area contributed by atoms with Gasteiger partial charge in [0, 0.05) is 5.57 Å². The molecule has 0 amide bonds. The average molecular weight is 252 g/mol. The second kappa shape index (κ2) is 6.55. The van der Waals surface area contributed by atoms with Gasteiger partial charge in [-0.05, 0) is 24.1 Å². The smallest absolute Gasteiger partial charge is 0.334 e. The predicted octanol–water partition coefficient (Wildman–Crippen LogP) is 3.83. The van der Waals surface area contributed by atoms with Gasteiger partial charge in [0.05, 0.1) is 0 Å². The minimum atomic E-state index is -0.285. The Morgan fingerprint density at radius 1 is 1.00 bits per heavy atom. The summed E-state index contributed by atoms with van der Waals surface area (Å²) >= 11 is 0. The Bertz CT molecular complexity index is 556. The molecule has 2 nitrogen and oxygen atoms in total. The van der Waals surface area contributed by atoms with Gasteiger partial charge in [-0.2, -0.15) is 0 Å². The second-order valence-corrected chi connectivity index (χ2v) is 4.30. The van der Waals surface area contributed by atoms with E-state index in [9.17, 15) is 4.79 Å². The maximum absolute atomic E-state index is 11.8. The van der Waals surface area contributed by atoms with E-state index < -0.39 is 0 Å². The summed E-state index contributed by atoms with van der Waals surface area (Å²) in [5, 5.41) is 0. The van der Waals surface area contributed by atoms with Crippen LogP contribution in [0.2, 0.25) is 0 Å². The first-order valence-electron chi connectivity index (χ1n) is 6.20. The van der Waals surface area contributed by atoms with Crippen LogP contribution < -0.4 is 0 Å². The molecule has 0 unspecified atom stereocenters. The Kier molecular flexibility index (Phi) is 4.51. The molecule has 0 spiro atoms. The third-order valence-electron chi connectivity index (χ3n) is 2.72. The van der Waals surface area contributed by atoms with Gasteiger partial charge in [0.15, 0.2) is 0 Å². The lowest BCUT2D eigenvalue weighted by Gasteiger charge is -2.05. The summed E-state index contributed by atoms with van der Waals surface area (Å²) in [7, 11) is 0. The summed E-state index contributed by atoms with van der Waals surface area (Å²) in [5.74, 6) is -0.285. The standard InChI is InChI=1S/C17H16O2/c1-14(12-15-8-4-2-5-9-15)17(18)19-13-16-10-6-3-7-11-16/h2-12H,13H2,1H3. The third kappa shape index (κ3) is 4.11. The summed E-state index contributed by atoms with van der Waals surface area (Å²) in [5.41, 5.74) is 2.59. The van der Waals surface area contributed by atoms with Gasteiger partial charge in [-0.1, -0.05) is 60.7 Å². The Balaban J connectivity index is 1.95. The molecule has 0 aliphatic heterocycles. The Morgan fingerprint density at radius 2 is 1.58 bits per heavy atom. The number of esters is 1. The van der Waals surface area contributed by atoms with E-state index in [1.807, 2.05) is 66.7 Å². The highest BCUT2D eigenvalue weighted by Crippen LogP contribution is 2.09. The monoisotopic (exact) mass is 252 g/mol. The highest BCUT2D eigenvalue weighted by atomic mass is 16.5. The van der Waals surface area contributed by atoms with Gasteiger partial charge in [0.25, 0.3) is 0 Å². The lowest BCUT2D eigenvalue weighted by atomic mass is 10.1. The van der Waals surface area contributed by atoms with Crippen molar-refractivity contribution in [2.45, 2.75) is 13.5 Å². The molecule has 2 aromatic carbocycles. The number of carbonyl (C=O) groups excluding carboxylic acids is 1. The van der Waals surface area contributed by atoms with Crippen LogP contribution in [-0.2, 0) is 16.1 Å². The molecule has 0 aromatic heterocycles. The molecule has 0 aliphatic rings. The number of hydrogen-bond acceptors (Lipinski definition) is 2. The summed E-state index contributed by atoms with van der Waals surface area (Å²) in [6.45, 7) is 2.07. The molecule has 2 heteroatoms. The molecule has 96 valence electrons.